The van der Waals surface area contributed by atoms with E-state index in [1.54, 1.807) is 19.2 Å². The molecule has 96 valence electrons. The second kappa shape index (κ2) is 6.10. The van der Waals surface area contributed by atoms with Gasteiger partial charge in [0.2, 0.25) is 0 Å². The van der Waals surface area contributed by atoms with Crippen molar-refractivity contribution in [3.63, 3.8) is 0 Å². The van der Waals surface area contributed by atoms with Crippen LogP contribution in [0.4, 0.5) is 4.39 Å². The van der Waals surface area contributed by atoms with Gasteiger partial charge in [0.25, 0.3) is 0 Å². The lowest BCUT2D eigenvalue weighted by Crippen LogP contribution is -2.38. The third-order valence-corrected chi connectivity index (χ3v) is 2.67. The van der Waals surface area contributed by atoms with Gasteiger partial charge in [-0.1, -0.05) is 12.1 Å². The van der Waals surface area contributed by atoms with Crippen LogP contribution in [0.5, 0.6) is 0 Å². The van der Waals surface area contributed by atoms with E-state index in [0.717, 1.165) is 0 Å². The van der Waals surface area contributed by atoms with Crippen molar-refractivity contribution in [1.29, 1.82) is 0 Å². The quantitative estimate of drug-likeness (QED) is 0.799. The van der Waals surface area contributed by atoms with E-state index >= 15 is 0 Å². The van der Waals surface area contributed by atoms with Crippen LogP contribution in [0.15, 0.2) is 24.3 Å². The molecule has 0 aromatic heterocycles. The summed E-state index contributed by atoms with van der Waals surface area (Å²) in [4.78, 5) is 0. The first-order valence-corrected chi connectivity index (χ1v) is 5.64. The molecule has 1 atom stereocenters. The van der Waals surface area contributed by atoms with E-state index in [1.165, 1.54) is 12.1 Å². The Bertz CT molecular complexity index is 355. The molecule has 2 N–H and O–H groups in total. The highest BCUT2D eigenvalue weighted by Gasteiger charge is 2.16. The Kier molecular flexibility index (Phi) is 5.05. The van der Waals surface area contributed by atoms with Gasteiger partial charge in [0.05, 0.1) is 11.7 Å². The van der Waals surface area contributed by atoms with E-state index in [1.807, 2.05) is 13.8 Å². The molecule has 0 saturated heterocycles. The molecule has 1 unspecified atom stereocenters. The van der Waals surface area contributed by atoms with Gasteiger partial charge in [0, 0.05) is 20.2 Å². The molecule has 0 fully saturated rings. The molecule has 3 nitrogen and oxygen atoms in total. The third-order valence-electron chi connectivity index (χ3n) is 2.67. The molecule has 0 spiro atoms. The molecule has 0 radical (unpaired) electrons. The Hall–Kier alpha value is -0.970. The molecule has 17 heavy (non-hydrogen) atoms. The minimum absolute atomic E-state index is 0.276. The molecule has 0 bridgehead atoms. The zero-order valence-electron chi connectivity index (χ0n) is 10.5. The number of halogens is 1. The highest BCUT2D eigenvalue weighted by atomic mass is 19.1. The smallest absolute Gasteiger partial charge is 0.123 e. The molecule has 0 aliphatic carbocycles. The Morgan fingerprint density at radius 1 is 1.47 bits per heavy atom. The molecule has 0 aliphatic heterocycles. The Labute approximate surface area is 102 Å². The fourth-order valence-electron chi connectivity index (χ4n) is 1.41. The number of hydrogen-bond acceptors (Lipinski definition) is 3. The Balaban J connectivity index is 2.42. The molecule has 0 saturated carbocycles. The largest absolute Gasteiger partial charge is 0.387 e. The predicted octanol–water partition coefficient (Wildman–Crippen LogP) is 1.87. The van der Waals surface area contributed by atoms with Crippen molar-refractivity contribution in [3.8, 4) is 0 Å². The van der Waals surface area contributed by atoms with Crippen LogP contribution in [0.3, 0.4) is 0 Å². The summed E-state index contributed by atoms with van der Waals surface area (Å²) in [5.74, 6) is -0.334. The normalized spacial score (nSPS) is 13.7. The molecular formula is C13H20FNO2. The maximum atomic E-state index is 12.9. The van der Waals surface area contributed by atoms with Crippen molar-refractivity contribution in [2.24, 2.45) is 0 Å². The van der Waals surface area contributed by atoms with Crippen LogP contribution in [-0.4, -0.2) is 30.9 Å². The summed E-state index contributed by atoms with van der Waals surface area (Å²) in [7, 11) is 1.64. The van der Waals surface area contributed by atoms with E-state index < -0.39 is 6.10 Å². The number of aliphatic hydroxyl groups excluding tert-OH is 1. The summed E-state index contributed by atoms with van der Waals surface area (Å²) in [6.07, 6.45) is -0.710. The molecule has 0 amide bonds. The maximum absolute atomic E-state index is 12.9. The van der Waals surface area contributed by atoms with Crippen molar-refractivity contribution >= 4 is 0 Å². The van der Waals surface area contributed by atoms with Gasteiger partial charge >= 0.3 is 0 Å². The fraction of sp³-hybridized carbons (Fsp3) is 0.538. The van der Waals surface area contributed by atoms with Crippen LogP contribution < -0.4 is 5.32 Å². The first kappa shape index (κ1) is 14.1. The second-order valence-electron chi connectivity index (χ2n) is 4.67. The minimum Gasteiger partial charge on any atom is -0.387 e. The first-order valence-electron chi connectivity index (χ1n) is 5.64. The highest BCUT2D eigenvalue weighted by molar-refractivity contribution is 5.18. The van der Waals surface area contributed by atoms with Gasteiger partial charge in [-0.3, -0.25) is 0 Å². The molecule has 1 rings (SSSR count). The average molecular weight is 241 g/mol. The lowest BCUT2D eigenvalue weighted by atomic mass is 10.1. The monoisotopic (exact) mass is 241 g/mol. The predicted molar refractivity (Wildman–Crippen MR) is 65.3 cm³/mol. The molecule has 0 heterocycles. The van der Waals surface area contributed by atoms with Gasteiger partial charge in [-0.2, -0.15) is 0 Å². The number of ether oxygens (including phenoxy) is 1. The highest BCUT2D eigenvalue weighted by Crippen LogP contribution is 2.13. The molecule has 1 aromatic rings. The van der Waals surface area contributed by atoms with Gasteiger partial charge in [-0.25, -0.2) is 4.39 Å². The van der Waals surface area contributed by atoms with Gasteiger partial charge in [-0.05, 0) is 31.5 Å². The summed E-state index contributed by atoms with van der Waals surface area (Å²) >= 11 is 0. The van der Waals surface area contributed by atoms with E-state index in [9.17, 15) is 9.50 Å². The number of methoxy groups -OCH3 is 1. The van der Waals surface area contributed by atoms with E-state index in [4.69, 9.17) is 4.74 Å². The van der Waals surface area contributed by atoms with Crippen LogP contribution >= 0.6 is 0 Å². The van der Waals surface area contributed by atoms with Crippen molar-refractivity contribution in [2.75, 3.05) is 20.2 Å². The average Bonchev–Trinajstić information content (AvgIpc) is 2.28. The zero-order valence-corrected chi connectivity index (χ0v) is 10.5. The molecule has 4 heteroatoms. The van der Waals surface area contributed by atoms with Crippen LogP contribution in [0.1, 0.15) is 25.5 Å². The van der Waals surface area contributed by atoms with Crippen molar-refractivity contribution < 1.29 is 14.2 Å². The second-order valence-corrected chi connectivity index (χ2v) is 4.67. The van der Waals surface area contributed by atoms with Crippen LogP contribution in [-0.2, 0) is 4.74 Å². The number of aliphatic hydroxyl groups is 1. The number of hydrogen-bond donors (Lipinski definition) is 2. The first-order chi connectivity index (χ1) is 7.94. The Morgan fingerprint density at radius 2 is 2.18 bits per heavy atom. The summed E-state index contributed by atoms with van der Waals surface area (Å²) in [6.45, 7) is 4.90. The summed E-state index contributed by atoms with van der Waals surface area (Å²) < 4.78 is 18.2. The summed E-state index contributed by atoms with van der Waals surface area (Å²) in [5, 5.41) is 12.9. The van der Waals surface area contributed by atoms with E-state index in [-0.39, 0.29) is 11.4 Å². The standard InChI is InChI=1S/C13H20FNO2/c1-13(2,17-3)9-15-8-12(16)10-5-4-6-11(14)7-10/h4-7,12,15-16H,8-9H2,1-3H3. The third kappa shape index (κ3) is 4.81. The molecular weight excluding hydrogens is 221 g/mol. The molecule has 1 aromatic carbocycles. The zero-order chi connectivity index (χ0) is 12.9. The van der Waals surface area contributed by atoms with Crippen LogP contribution in [0, 0.1) is 5.82 Å². The maximum Gasteiger partial charge on any atom is 0.123 e. The number of rotatable bonds is 6. The van der Waals surface area contributed by atoms with Gasteiger partial charge < -0.3 is 15.2 Å². The summed E-state index contributed by atoms with van der Waals surface area (Å²) in [6, 6.07) is 6.00. The van der Waals surface area contributed by atoms with Gasteiger partial charge in [0.15, 0.2) is 0 Å². The van der Waals surface area contributed by atoms with E-state index in [2.05, 4.69) is 5.32 Å². The Morgan fingerprint density at radius 3 is 2.76 bits per heavy atom. The lowest BCUT2D eigenvalue weighted by Gasteiger charge is -2.24. The summed E-state index contributed by atoms with van der Waals surface area (Å²) in [5.41, 5.74) is 0.300. The SMILES string of the molecule is COC(C)(C)CNCC(O)c1cccc(F)c1. The minimum atomic E-state index is -0.710. The van der Waals surface area contributed by atoms with Crippen molar-refractivity contribution in [3.05, 3.63) is 35.6 Å². The van der Waals surface area contributed by atoms with Crippen molar-refractivity contribution in [1.82, 2.24) is 5.32 Å². The topological polar surface area (TPSA) is 41.5 Å². The number of benzene rings is 1. The van der Waals surface area contributed by atoms with E-state index in [0.29, 0.717) is 18.7 Å². The lowest BCUT2D eigenvalue weighted by molar-refractivity contribution is 0.0207. The van der Waals surface area contributed by atoms with Crippen LogP contribution in [0.25, 0.3) is 0 Å². The van der Waals surface area contributed by atoms with Gasteiger partial charge in [0.1, 0.15) is 5.82 Å². The van der Waals surface area contributed by atoms with Crippen molar-refractivity contribution in [2.45, 2.75) is 25.6 Å². The molecule has 0 aliphatic rings. The fourth-order valence-corrected chi connectivity index (χ4v) is 1.41. The number of nitrogens with one attached hydrogen (secondary N) is 1. The van der Waals surface area contributed by atoms with Crippen LogP contribution in [0.2, 0.25) is 0 Å². The van der Waals surface area contributed by atoms with Gasteiger partial charge in [-0.15, -0.1) is 0 Å².